The highest BCUT2D eigenvalue weighted by Gasteiger charge is 2.28. The maximum Gasteiger partial charge on any atom is 0.348 e. The number of carbonyl (C=O) groups excluding carboxylic acids is 3. The van der Waals surface area contributed by atoms with Gasteiger partial charge in [-0.3, -0.25) is 14.9 Å². The zero-order valence-electron chi connectivity index (χ0n) is 20.2. The van der Waals surface area contributed by atoms with Crippen LogP contribution in [-0.2, 0) is 20.7 Å². The van der Waals surface area contributed by atoms with E-state index in [0.717, 1.165) is 11.3 Å². The van der Waals surface area contributed by atoms with Crippen LogP contribution in [0.15, 0.2) is 46.4 Å². The summed E-state index contributed by atoms with van der Waals surface area (Å²) in [5.74, 6) is -1.59. The lowest BCUT2D eigenvalue weighted by Gasteiger charge is -2.05. The Hall–Kier alpha value is -4.56. The number of Topliss-reactive ketones (excluding diaryl/α,β-unsaturated/α-hetero) is 1. The molecule has 0 aliphatic rings. The summed E-state index contributed by atoms with van der Waals surface area (Å²) < 4.78 is 15.8. The predicted octanol–water partition coefficient (Wildman–Crippen LogP) is 5.30. The normalized spacial score (nSPS) is 11.0. The van der Waals surface area contributed by atoms with E-state index in [1.807, 2.05) is 6.07 Å². The zero-order valence-corrected chi connectivity index (χ0v) is 21.0. The SMILES string of the molecule is CCOC(=O)c1sc(CC(=O)/C(C#N)=C/c2ccc(-c3ccccc3[N+](=O)[O-])o2)c(C(=O)OCC)c1C. The number of hydrogen-bond acceptors (Lipinski definition) is 10. The number of ether oxygens (including phenoxy) is 2. The summed E-state index contributed by atoms with van der Waals surface area (Å²) in [5, 5.41) is 20.9. The first kappa shape index (κ1) is 27.0. The number of esters is 2. The maximum absolute atomic E-state index is 13.0. The molecule has 0 radical (unpaired) electrons. The molecule has 0 fully saturated rings. The minimum Gasteiger partial charge on any atom is -0.462 e. The molecule has 0 saturated carbocycles. The van der Waals surface area contributed by atoms with Crippen molar-refractivity contribution in [2.75, 3.05) is 13.2 Å². The molecule has 3 aromatic rings. The number of nitrogens with zero attached hydrogens (tertiary/aromatic N) is 2. The van der Waals surface area contributed by atoms with E-state index in [1.165, 1.54) is 36.4 Å². The monoisotopic (exact) mass is 522 g/mol. The van der Waals surface area contributed by atoms with Crippen molar-refractivity contribution in [3.63, 3.8) is 0 Å². The molecule has 0 atom stereocenters. The second-order valence-electron chi connectivity index (χ2n) is 7.54. The van der Waals surface area contributed by atoms with Crippen LogP contribution in [0.1, 0.15) is 50.1 Å². The van der Waals surface area contributed by atoms with Gasteiger partial charge in [0.25, 0.3) is 5.69 Å². The fourth-order valence-corrected chi connectivity index (χ4v) is 4.72. The number of rotatable bonds is 10. The Morgan fingerprint density at radius 3 is 2.43 bits per heavy atom. The number of allylic oxidation sites excluding steroid dienone is 1. The van der Waals surface area contributed by atoms with Gasteiger partial charge in [0.1, 0.15) is 22.5 Å². The molecular formula is C26H22N2O8S. The van der Waals surface area contributed by atoms with Gasteiger partial charge in [-0.2, -0.15) is 5.26 Å². The van der Waals surface area contributed by atoms with E-state index in [0.29, 0.717) is 5.56 Å². The van der Waals surface area contributed by atoms with Crippen molar-refractivity contribution in [1.29, 1.82) is 5.26 Å². The molecule has 0 saturated heterocycles. The van der Waals surface area contributed by atoms with E-state index in [4.69, 9.17) is 13.9 Å². The van der Waals surface area contributed by atoms with Crippen LogP contribution in [0.4, 0.5) is 5.69 Å². The summed E-state index contributed by atoms with van der Waals surface area (Å²) in [7, 11) is 0. The molecule has 2 heterocycles. The Bertz CT molecular complexity index is 1440. The van der Waals surface area contributed by atoms with Crippen LogP contribution >= 0.6 is 11.3 Å². The Balaban J connectivity index is 1.93. The van der Waals surface area contributed by atoms with Gasteiger partial charge in [-0.05, 0) is 44.5 Å². The molecule has 11 heteroatoms. The van der Waals surface area contributed by atoms with Gasteiger partial charge in [0.05, 0.1) is 34.8 Å². The topological polar surface area (TPSA) is 150 Å². The van der Waals surface area contributed by atoms with E-state index in [-0.39, 0.29) is 63.3 Å². The first-order chi connectivity index (χ1) is 17.7. The van der Waals surface area contributed by atoms with Crippen LogP contribution in [0.5, 0.6) is 0 Å². The van der Waals surface area contributed by atoms with Crippen molar-refractivity contribution >= 4 is 40.8 Å². The van der Waals surface area contributed by atoms with Gasteiger partial charge in [-0.15, -0.1) is 11.3 Å². The quantitative estimate of drug-likeness (QED) is 0.114. The van der Waals surface area contributed by atoms with E-state index < -0.39 is 22.6 Å². The highest BCUT2D eigenvalue weighted by atomic mass is 32.1. The highest BCUT2D eigenvalue weighted by Crippen LogP contribution is 2.33. The number of carbonyl (C=O) groups is 3. The molecule has 37 heavy (non-hydrogen) atoms. The molecule has 0 amide bonds. The van der Waals surface area contributed by atoms with Gasteiger partial charge in [0.15, 0.2) is 5.78 Å². The summed E-state index contributed by atoms with van der Waals surface area (Å²) in [4.78, 5) is 49.2. The minimum atomic E-state index is -0.683. The van der Waals surface area contributed by atoms with Crippen LogP contribution in [0.3, 0.4) is 0 Å². The summed E-state index contributed by atoms with van der Waals surface area (Å²) in [6, 6.07) is 10.8. The number of nitro benzene ring substituents is 1. The summed E-state index contributed by atoms with van der Waals surface area (Å²) in [6.45, 7) is 5.08. The van der Waals surface area contributed by atoms with Crippen molar-refractivity contribution in [2.45, 2.75) is 27.2 Å². The second kappa shape index (κ2) is 11.9. The lowest BCUT2D eigenvalue weighted by molar-refractivity contribution is -0.384. The molecular weight excluding hydrogens is 500 g/mol. The Morgan fingerprint density at radius 1 is 1.11 bits per heavy atom. The lowest BCUT2D eigenvalue weighted by Crippen LogP contribution is -2.12. The average molecular weight is 523 g/mol. The number of benzene rings is 1. The van der Waals surface area contributed by atoms with Gasteiger partial charge in [0.2, 0.25) is 0 Å². The van der Waals surface area contributed by atoms with Gasteiger partial charge >= 0.3 is 11.9 Å². The predicted molar refractivity (Wildman–Crippen MR) is 134 cm³/mol. The third-order valence-corrected chi connectivity index (χ3v) is 6.45. The number of thiophene rings is 1. The van der Waals surface area contributed by atoms with Crippen molar-refractivity contribution in [3.05, 3.63) is 78.7 Å². The summed E-state index contributed by atoms with van der Waals surface area (Å²) >= 11 is 0.936. The molecule has 10 nitrogen and oxygen atoms in total. The molecule has 0 aliphatic carbocycles. The average Bonchev–Trinajstić information content (AvgIpc) is 3.46. The van der Waals surface area contributed by atoms with Gasteiger partial charge in [0, 0.05) is 23.4 Å². The number of nitro groups is 1. The van der Waals surface area contributed by atoms with Crippen molar-refractivity contribution in [2.24, 2.45) is 0 Å². The second-order valence-corrected chi connectivity index (χ2v) is 8.65. The third-order valence-electron chi connectivity index (χ3n) is 5.18. The van der Waals surface area contributed by atoms with Crippen molar-refractivity contribution < 1.29 is 33.2 Å². The maximum atomic E-state index is 13.0. The molecule has 0 N–H and O–H groups in total. The first-order valence-corrected chi connectivity index (χ1v) is 12.0. The van der Waals surface area contributed by atoms with Gasteiger partial charge in [-0.1, -0.05) is 12.1 Å². The van der Waals surface area contributed by atoms with Gasteiger partial charge in [-0.25, -0.2) is 9.59 Å². The molecule has 0 spiro atoms. The Kier molecular flexibility index (Phi) is 8.71. The van der Waals surface area contributed by atoms with Crippen LogP contribution < -0.4 is 0 Å². The van der Waals surface area contributed by atoms with Crippen LogP contribution in [0.2, 0.25) is 0 Å². The standard InChI is InChI=1S/C26H22N2O8S/c1-4-34-25(30)23-15(3)24(26(31)35-5-2)37-22(23)13-20(29)16(14-27)12-17-10-11-21(36-17)18-8-6-7-9-19(18)28(32)33/h6-12H,4-5,13H2,1-3H3/b16-12+. The minimum absolute atomic E-state index is 0.0946. The Labute approximate surface area is 215 Å². The fraction of sp³-hybridized carbons (Fsp3) is 0.231. The lowest BCUT2D eigenvalue weighted by atomic mass is 10.0. The molecule has 190 valence electrons. The number of para-hydroxylation sites is 1. The number of furan rings is 1. The Morgan fingerprint density at radius 2 is 1.78 bits per heavy atom. The smallest absolute Gasteiger partial charge is 0.348 e. The highest BCUT2D eigenvalue weighted by molar-refractivity contribution is 7.14. The largest absolute Gasteiger partial charge is 0.462 e. The summed E-state index contributed by atoms with van der Waals surface area (Å²) in [6.07, 6.45) is 0.882. The van der Waals surface area contributed by atoms with E-state index >= 15 is 0 Å². The van der Waals surface area contributed by atoms with E-state index in [2.05, 4.69) is 0 Å². The zero-order chi connectivity index (χ0) is 27.1. The molecule has 3 rings (SSSR count). The molecule has 0 unspecified atom stereocenters. The molecule has 0 aliphatic heterocycles. The van der Waals surface area contributed by atoms with Crippen LogP contribution in [0.25, 0.3) is 17.4 Å². The van der Waals surface area contributed by atoms with E-state index in [9.17, 15) is 29.8 Å². The number of ketones is 1. The van der Waals surface area contributed by atoms with Crippen LogP contribution in [-0.4, -0.2) is 35.9 Å². The first-order valence-electron chi connectivity index (χ1n) is 11.2. The van der Waals surface area contributed by atoms with Crippen molar-refractivity contribution in [3.8, 4) is 17.4 Å². The van der Waals surface area contributed by atoms with E-state index in [1.54, 1.807) is 26.8 Å². The van der Waals surface area contributed by atoms with Crippen LogP contribution in [0, 0.1) is 28.4 Å². The number of nitriles is 1. The van der Waals surface area contributed by atoms with Gasteiger partial charge < -0.3 is 13.9 Å². The summed E-state index contributed by atoms with van der Waals surface area (Å²) in [5.41, 5.74) is 0.268. The molecule has 2 aromatic heterocycles. The fourth-order valence-electron chi connectivity index (χ4n) is 3.53. The van der Waals surface area contributed by atoms with Crippen molar-refractivity contribution in [1.82, 2.24) is 0 Å². The third kappa shape index (κ3) is 5.99. The molecule has 1 aromatic carbocycles. The molecule has 0 bridgehead atoms. The number of hydrogen-bond donors (Lipinski definition) is 0.